The zero-order valence-electron chi connectivity index (χ0n) is 13.1. The highest BCUT2D eigenvalue weighted by Gasteiger charge is 2.26. The van der Waals surface area contributed by atoms with E-state index in [0.29, 0.717) is 19.1 Å². The molecule has 0 radical (unpaired) electrons. The van der Waals surface area contributed by atoms with Crippen LogP contribution in [0.3, 0.4) is 0 Å². The van der Waals surface area contributed by atoms with Crippen LogP contribution in [-0.4, -0.2) is 63.1 Å². The topological polar surface area (TPSA) is 57.4 Å². The minimum Gasteiger partial charge on any atom is -0.390 e. The predicted molar refractivity (Wildman–Crippen MR) is 88.3 cm³/mol. The van der Waals surface area contributed by atoms with E-state index in [9.17, 15) is 5.11 Å². The SMILES string of the molecule is Cc1csc(N2CCN(CC(O)Cn3cccn3)CC2C)n1. The monoisotopic (exact) mass is 321 g/mol. The number of aromatic nitrogens is 3. The molecule has 1 N–H and O–H groups in total. The van der Waals surface area contributed by atoms with Crippen LogP contribution < -0.4 is 4.90 Å². The molecule has 2 atom stereocenters. The second kappa shape index (κ2) is 6.76. The number of β-amino-alcohol motifs (C(OH)–C–C–N with tert-alkyl or cyclic N) is 1. The van der Waals surface area contributed by atoms with Gasteiger partial charge in [-0.25, -0.2) is 4.98 Å². The third-order valence-electron chi connectivity index (χ3n) is 3.99. The van der Waals surface area contributed by atoms with E-state index in [1.807, 2.05) is 19.2 Å². The van der Waals surface area contributed by atoms with Crippen molar-refractivity contribution in [3.8, 4) is 0 Å². The molecule has 6 nitrogen and oxygen atoms in total. The molecule has 0 aromatic carbocycles. The van der Waals surface area contributed by atoms with E-state index in [1.54, 1.807) is 22.2 Å². The van der Waals surface area contributed by atoms with Crippen molar-refractivity contribution in [2.45, 2.75) is 32.5 Å². The zero-order chi connectivity index (χ0) is 15.5. The predicted octanol–water partition coefficient (Wildman–Crippen LogP) is 1.22. The maximum absolute atomic E-state index is 10.2. The highest BCUT2D eigenvalue weighted by Crippen LogP contribution is 2.24. The minimum atomic E-state index is -0.388. The van der Waals surface area contributed by atoms with Gasteiger partial charge >= 0.3 is 0 Å². The number of anilines is 1. The molecule has 2 unspecified atom stereocenters. The van der Waals surface area contributed by atoms with Gasteiger partial charge in [0.05, 0.1) is 18.3 Å². The first kappa shape index (κ1) is 15.5. The standard InChI is InChI=1S/C15H23N5OS/c1-12-11-22-15(17-12)20-7-6-18(8-13(20)2)9-14(21)10-19-5-3-4-16-19/h3-5,11,13-14,21H,6-10H2,1-2H3. The molecule has 2 aromatic rings. The van der Waals surface area contributed by atoms with Crippen molar-refractivity contribution >= 4 is 16.5 Å². The molecule has 22 heavy (non-hydrogen) atoms. The van der Waals surface area contributed by atoms with Crippen LogP contribution in [-0.2, 0) is 6.54 Å². The first-order valence-corrected chi connectivity index (χ1v) is 8.56. The number of aliphatic hydroxyl groups is 1. The Morgan fingerprint density at radius 1 is 1.41 bits per heavy atom. The van der Waals surface area contributed by atoms with Crippen LogP contribution in [0.25, 0.3) is 0 Å². The number of hydrogen-bond donors (Lipinski definition) is 1. The average molecular weight is 321 g/mol. The van der Waals surface area contributed by atoms with Gasteiger partial charge in [0.15, 0.2) is 5.13 Å². The normalized spacial score (nSPS) is 21.2. The first-order valence-electron chi connectivity index (χ1n) is 7.68. The average Bonchev–Trinajstić information content (AvgIpc) is 3.10. The summed E-state index contributed by atoms with van der Waals surface area (Å²) < 4.78 is 1.78. The fourth-order valence-electron chi connectivity index (χ4n) is 2.94. The van der Waals surface area contributed by atoms with Gasteiger partial charge in [-0.05, 0) is 19.9 Å². The first-order chi connectivity index (χ1) is 10.6. The smallest absolute Gasteiger partial charge is 0.185 e. The van der Waals surface area contributed by atoms with E-state index >= 15 is 0 Å². The molecular formula is C15H23N5OS. The lowest BCUT2D eigenvalue weighted by atomic mass is 10.2. The summed E-state index contributed by atoms with van der Waals surface area (Å²) in [5.74, 6) is 0. The summed E-state index contributed by atoms with van der Waals surface area (Å²) in [6, 6.07) is 2.29. The summed E-state index contributed by atoms with van der Waals surface area (Å²) >= 11 is 1.71. The fraction of sp³-hybridized carbons (Fsp3) is 0.600. The van der Waals surface area contributed by atoms with Crippen LogP contribution in [0.15, 0.2) is 23.8 Å². The van der Waals surface area contributed by atoms with Crippen LogP contribution in [0.4, 0.5) is 5.13 Å². The Morgan fingerprint density at radius 2 is 2.27 bits per heavy atom. The second-order valence-corrected chi connectivity index (χ2v) is 6.79. The minimum absolute atomic E-state index is 0.388. The highest BCUT2D eigenvalue weighted by molar-refractivity contribution is 7.13. The van der Waals surface area contributed by atoms with Crippen molar-refractivity contribution < 1.29 is 5.11 Å². The number of piperazine rings is 1. The van der Waals surface area contributed by atoms with Crippen molar-refractivity contribution in [1.29, 1.82) is 0 Å². The third kappa shape index (κ3) is 3.66. The zero-order valence-corrected chi connectivity index (χ0v) is 13.9. The molecule has 1 saturated heterocycles. The van der Waals surface area contributed by atoms with Gasteiger partial charge in [-0.2, -0.15) is 5.10 Å². The van der Waals surface area contributed by atoms with Crippen molar-refractivity contribution in [2.24, 2.45) is 0 Å². The van der Waals surface area contributed by atoms with Gasteiger partial charge in [0.2, 0.25) is 0 Å². The van der Waals surface area contributed by atoms with E-state index in [-0.39, 0.29) is 6.10 Å². The Morgan fingerprint density at radius 3 is 2.91 bits per heavy atom. The molecule has 0 saturated carbocycles. The molecule has 2 aromatic heterocycles. The van der Waals surface area contributed by atoms with Crippen LogP contribution >= 0.6 is 11.3 Å². The summed E-state index contributed by atoms with van der Waals surface area (Å²) in [6.07, 6.45) is 3.23. The quantitative estimate of drug-likeness (QED) is 0.897. The maximum Gasteiger partial charge on any atom is 0.185 e. The molecule has 0 amide bonds. The van der Waals surface area contributed by atoms with E-state index in [4.69, 9.17) is 0 Å². The maximum atomic E-state index is 10.2. The largest absolute Gasteiger partial charge is 0.390 e. The summed E-state index contributed by atoms with van der Waals surface area (Å²) in [4.78, 5) is 9.28. The van der Waals surface area contributed by atoms with Gasteiger partial charge in [0.25, 0.3) is 0 Å². The Balaban J connectivity index is 1.51. The van der Waals surface area contributed by atoms with Gasteiger partial charge in [-0.3, -0.25) is 9.58 Å². The number of thiazole rings is 1. The molecule has 1 aliphatic heterocycles. The Labute approximate surface area is 135 Å². The van der Waals surface area contributed by atoms with Gasteiger partial charge in [0.1, 0.15) is 0 Å². The molecule has 120 valence electrons. The third-order valence-corrected chi connectivity index (χ3v) is 4.99. The number of nitrogens with zero attached hydrogens (tertiary/aromatic N) is 5. The summed E-state index contributed by atoms with van der Waals surface area (Å²) in [6.45, 7) is 8.37. The molecule has 3 heterocycles. The Hall–Kier alpha value is -1.44. The van der Waals surface area contributed by atoms with Crippen molar-refractivity contribution in [3.63, 3.8) is 0 Å². The molecule has 0 aliphatic carbocycles. The van der Waals surface area contributed by atoms with Gasteiger partial charge in [-0.1, -0.05) is 0 Å². The Kier molecular flexibility index (Phi) is 4.75. The second-order valence-electron chi connectivity index (χ2n) is 5.96. The summed E-state index contributed by atoms with van der Waals surface area (Å²) in [5.41, 5.74) is 1.09. The number of hydrogen-bond acceptors (Lipinski definition) is 6. The number of rotatable bonds is 5. The summed E-state index contributed by atoms with van der Waals surface area (Å²) in [7, 11) is 0. The molecule has 0 bridgehead atoms. The van der Waals surface area contributed by atoms with E-state index in [1.165, 1.54) is 0 Å². The van der Waals surface area contributed by atoms with E-state index < -0.39 is 0 Å². The van der Waals surface area contributed by atoms with Crippen LogP contribution in [0, 0.1) is 6.92 Å². The molecular weight excluding hydrogens is 298 g/mol. The lowest BCUT2D eigenvalue weighted by Crippen LogP contribution is -2.53. The molecule has 3 rings (SSSR count). The van der Waals surface area contributed by atoms with Gasteiger partial charge < -0.3 is 10.0 Å². The molecule has 1 fully saturated rings. The van der Waals surface area contributed by atoms with Gasteiger partial charge in [0, 0.05) is 50.0 Å². The van der Waals surface area contributed by atoms with Crippen LogP contribution in [0.2, 0.25) is 0 Å². The van der Waals surface area contributed by atoms with E-state index in [0.717, 1.165) is 30.5 Å². The van der Waals surface area contributed by atoms with E-state index in [2.05, 4.69) is 32.2 Å². The lowest BCUT2D eigenvalue weighted by molar-refractivity contribution is 0.0863. The van der Waals surface area contributed by atoms with Crippen molar-refractivity contribution in [1.82, 2.24) is 19.7 Å². The number of aryl methyl sites for hydroxylation is 1. The lowest BCUT2D eigenvalue weighted by Gasteiger charge is -2.40. The van der Waals surface area contributed by atoms with Crippen molar-refractivity contribution in [2.75, 3.05) is 31.1 Å². The Bertz CT molecular complexity index is 585. The molecule has 1 aliphatic rings. The van der Waals surface area contributed by atoms with Gasteiger partial charge in [-0.15, -0.1) is 11.3 Å². The highest BCUT2D eigenvalue weighted by atomic mass is 32.1. The molecule has 0 spiro atoms. The van der Waals surface area contributed by atoms with Crippen LogP contribution in [0.1, 0.15) is 12.6 Å². The molecule has 7 heteroatoms. The van der Waals surface area contributed by atoms with Crippen molar-refractivity contribution in [3.05, 3.63) is 29.5 Å². The van der Waals surface area contributed by atoms with Crippen LogP contribution in [0.5, 0.6) is 0 Å². The summed E-state index contributed by atoms with van der Waals surface area (Å²) in [5, 5.41) is 17.6. The number of aliphatic hydroxyl groups excluding tert-OH is 1. The fourth-order valence-corrected chi connectivity index (χ4v) is 3.87.